The summed E-state index contributed by atoms with van der Waals surface area (Å²) in [6.45, 7) is 4.65. The highest BCUT2D eigenvalue weighted by molar-refractivity contribution is 7.15. The SMILES string of the molecule is CC1(CN2Cc3nc(-c4ccc(F)cc4)sc3C2)Cn2cc([N+](=O)[O-])nc2O1. The van der Waals surface area contributed by atoms with E-state index in [0.717, 1.165) is 22.8 Å². The molecule has 3 aromatic rings. The van der Waals surface area contributed by atoms with Gasteiger partial charge in [0, 0.05) is 35.1 Å². The van der Waals surface area contributed by atoms with Gasteiger partial charge in [-0.1, -0.05) is 0 Å². The number of rotatable bonds is 4. The van der Waals surface area contributed by atoms with Crippen LogP contribution in [0.5, 0.6) is 6.01 Å². The highest BCUT2D eigenvalue weighted by atomic mass is 32.1. The molecule has 8 nitrogen and oxygen atoms in total. The molecule has 2 aliphatic rings. The van der Waals surface area contributed by atoms with Crippen LogP contribution in [0, 0.1) is 15.9 Å². The van der Waals surface area contributed by atoms with Gasteiger partial charge in [0.1, 0.15) is 22.6 Å². The van der Waals surface area contributed by atoms with Crippen LogP contribution in [0.15, 0.2) is 30.5 Å². The fraction of sp³-hybridized carbons (Fsp3) is 0.333. The Hall–Kier alpha value is -2.85. The Morgan fingerprint density at radius 1 is 1.32 bits per heavy atom. The van der Waals surface area contributed by atoms with E-state index in [1.807, 2.05) is 6.92 Å². The lowest BCUT2D eigenvalue weighted by atomic mass is 10.1. The zero-order valence-corrected chi connectivity index (χ0v) is 15.8. The van der Waals surface area contributed by atoms with Crippen molar-refractivity contribution < 1.29 is 14.1 Å². The van der Waals surface area contributed by atoms with E-state index in [1.165, 1.54) is 23.2 Å². The summed E-state index contributed by atoms with van der Waals surface area (Å²) in [6.07, 6.45) is 1.41. The van der Waals surface area contributed by atoms with Gasteiger partial charge in [-0.15, -0.1) is 11.3 Å². The molecule has 0 fully saturated rings. The van der Waals surface area contributed by atoms with E-state index in [4.69, 9.17) is 9.72 Å². The Bertz CT molecular complexity index is 1030. The molecule has 2 aromatic heterocycles. The molecule has 4 heterocycles. The number of nitro groups is 1. The van der Waals surface area contributed by atoms with E-state index in [0.29, 0.717) is 25.6 Å². The fourth-order valence-corrected chi connectivity index (χ4v) is 4.88. The van der Waals surface area contributed by atoms with E-state index >= 15 is 0 Å². The molecule has 0 spiro atoms. The number of thiazole rings is 1. The highest BCUT2D eigenvalue weighted by Crippen LogP contribution is 2.36. The lowest BCUT2D eigenvalue weighted by Gasteiger charge is -2.27. The van der Waals surface area contributed by atoms with Crippen molar-refractivity contribution in [2.24, 2.45) is 0 Å². The maximum absolute atomic E-state index is 13.1. The summed E-state index contributed by atoms with van der Waals surface area (Å²) >= 11 is 1.63. The predicted octanol–water partition coefficient (Wildman–Crippen LogP) is 3.22. The molecule has 1 atom stereocenters. The Kier molecular flexibility index (Phi) is 3.75. The average Bonchev–Trinajstić information content (AvgIpc) is 3.33. The third kappa shape index (κ3) is 2.94. The lowest BCUT2D eigenvalue weighted by molar-refractivity contribution is -0.389. The predicted molar refractivity (Wildman–Crippen MR) is 99.5 cm³/mol. The molecule has 0 amide bonds. The lowest BCUT2D eigenvalue weighted by Crippen LogP contribution is -2.43. The van der Waals surface area contributed by atoms with Crippen molar-refractivity contribution in [2.45, 2.75) is 32.2 Å². The van der Waals surface area contributed by atoms with Gasteiger partial charge in [-0.3, -0.25) is 9.47 Å². The number of hydrogen-bond acceptors (Lipinski definition) is 7. The number of halogens is 1. The zero-order valence-electron chi connectivity index (χ0n) is 15.0. The molecule has 5 rings (SSSR count). The highest BCUT2D eigenvalue weighted by Gasteiger charge is 2.42. The summed E-state index contributed by atoms with van der Waals surface area (Å²) in [5, 5.41) is 11.7. The van der Waals surface area contributed by atoms with Crippen molar-refractivity contribution in [3.63, 3.8) is 0 Å². The van der Waals surface area contributed by atoms with Crippen LogP contribution in [-0.4, -0.2) is 36.5 Å². The number of nitrogens with zero attached hydrogens (tertiary/aromatic N) is 5. The van der Waals surface area contributed by atoms with E-state index in [9.17, 15) is 14.5 Å². The molecule has 28 heavy (non-hydrogen) atoms. The molecule has 1 unspecified atom stereocenters. The summed E-state index contributed by atoms with van der Waals surface area (Å²) in [5.74, 6) is -0.452. The van der Waals surface area contributed by atoms with Gasteiger partial charge in [-0.2, -0.15) is 0 Å². The third-order valence-electron chi connectivity index (χ3n) is 4.92. The minimum absolute atomic E-state index is 0.196. The molecule has 1 aromatic carbocycles. The van der Waals surface area contributed by atoms with Crippen LogP contribution in [-0.2, 0) is 19.6 Å². The monoisotopic (exact) mass is 401 g/mol. The average molecular weight is 401 g/mol. The Labute approximate surface area is 163 Å². The third-order valence-corrected chi connectivity index (χ3v) is 6.06. The smallest absolute Gasteiger partial charge is 0.415 e. The molecule has 0 radical (unpaired) electrons. The maximum Gasteiger partial charge on any atom is 0.415 e. The second kappa shape index (κ2) is 6.08. The summed E-state index contributed by atoms with van der Waals surface area (Å²) in [6, 6.07) is 6.67. The molecule has 144 valence electrons. The number of imidazole rings is 1. The first-order chi connectivity index (χ1) is 13.4. The van der Waals surface area contributed by atoms with E-state index in [-0.39, 0.29) is 11.6 Å². The van der Waals surface area contributed by atoms with Gasteiger partial charge in [0.2, 0.25) is 0 Å². The maximum atomic E-state index is 13.1. The second-order valence-corrected chi connectivity index (χ2v) is 8.44. The molecule has 0 saturated heterocycles. The number of benzene rings is 1. The largest absolute Gasteiger partial charge is 0.436 e. The molecule has 2 aliphatic heterocycles. The van der Waals surface area contributed by atoms with Crippen molar-refractivity contribution >= 4 is 17.2 Å². The van der Waals surface area contributed by atoms with Crippen LogP contribution >= 0.6 is 11.3 Å². The number of aromatic nitrogens is 3. The van der Waals surface area contributed by atoms with Crippen molar-refractivity contribution in [3.05, 3.63) is 57.0 Å². The van der Waals surface area contributed by atoms with Gasteiger partial charge in [0.15, 0.2) is 0 Å². The van der Waals surface area contributed by atoms with Gasteiger partial charge in [0.05, 0.1) is 12.2 Å². The van der Waals surface area contributed by atoms with Gasteiger partial charge >= 0.3 is 11.8 Å². The van der Waals surface area contributed by atoms with Crippen LogP contribution in [0.2, 0.25) is 0 Å². The van der Waals surface area contributed by atoms with Crippen LogP contribution in [0.1, 0.15) is 17.5 Å². The first-order valence-corrected chi connectivity index (χ1v) is 9.58. The molecule has 10 heteroatoms. The van der Waals surface area contributed by atoms with Crippen molar-refractivity contribution in [3.8, 4) is 16.6 Å². The number of hydrogen-bond donors (Lipinski definition) is 0. The first-order valence-electron chi connectivity index (χ1n) is 8.76. The molecule has 0 N–H and O–H groups in total. The summed E-state index contributed by atoms with van der Waals surface area (Å²) in [4.78, 5) is 22.4. The Morgan fingerprint density at radius 3 is 2.79 bits per heavy atom. The normalized spacial score (nSPS) is 20.8. The minimum Gasteiger partial charge on any atom is -0.436 e. The molecular formula is C18H16FN5O3S. The van der Waals surface area contributed by atoms with Crippen LogP contribution in [0.25, 0.3) is 10.6 Å². The van der Waals surface area contributed by atoms with Crippen LogP contribution < -0.4 is 4.74 Å². The minimum atomic E-state index is -0.519. The molecule has 0 aliphatic carbocycles. The van der Waals surface area contributed by atoms with E-state index in [1.54, 1.807) is 28.0 Å². The van der Waals surface area contributed by atoms with Crippen LogP contribution in [0.3, 0.4) is 0 Å². The van der Waals surface area contributed by atoms with Crippen molar-refractivity contribution in [1.29, 1.82) is 0 Å². The Morgan fingerprint density at radius 2 is 2.11 bits per heavy atom. The quantitative estimate of drug-likeness (QED) is 0.493. The van der Waals surface area contributed by atoms with Gasteiger partial charge < -0.3 is 14.9 Å². The number of ether oxygens (including phenoxy) is 1. The summed E-state index contributed by atoms with van der Waals surface area (Å²) in [7, 11) is 0. The van der Waals surface area contributed by atoms with Gasteiger partial charge in [0.25, 0.3) is 0 Å². The zero-order chi connectivity index (χ0) is 19.5. The van der Waals surface area contributed by atoms with Crippen molar-refractivity contribution in [2.75, 3.05) is 6.54 Å². The van der Waals surface area contributed by atoms with E-state index < -0.39 is 10.5 Å². The summed E-state index contributed by atoms with van der Waals surface area (Å²) in [5.41, 5.74) is 1.47. The second-order valence-electron chi connectivity index (χ2n) is 7.36. The fourth-order valence-electron chi connectivity index (χ4n) is 3.77. The summed E-state index contributed by atoms with van der Waals surface area (Å²) < 4.78 is 20.7. The topological polar surface area (TPSA) is 86.3 Å². The standard InChI is InChI=1S/C18H16FN5O3S/c1-18(10-23-8-15(24(25)26)21-17(23)27-18)9-22-6-13-14(7-22)28-16(20-13)11-2-4-12(19)5-3-11/h2-5,8H,6-7,9-10H2,1H3. The van der Waals surface area contributed by atoms with Gasteiger partial charge in [-0.25, -0.2) is 9.37 Å². The Balaban J connectivity index is 1.26. The number of fused-ring (bicyclic) bond motifs is 2. The molecule has 0 bridgehead atoms. The van der Waals surface area contributed by atoms with E-state index in [2.05, 4.69) is 9.88 Å². The molecular weight excluding hydrogens is 385 g/mol. The van der Waals surface area contributed by atoms with Crippen LogP contribution in [0.4, 0.5) is 10.2 Å². The van der Waals surface area contributed by atoms with Gasteiger partial charge in [-0.05, 0) is 36.1 Å². The molecule has 0 saturated carbocycles. The first kappa shape index (κ1) is 17.3. The van der Waals surface area contributed by atoms with Crippen molar-refractivity contribution in [1.82, 2.24) is 19.4 Å².